The minimum absolute atomic E-state index is 0.0197. The van der Waals surface area contributed by atoms with Gasteiger partial charge in [0.1, 0.15) is 29.8 Å². The average Bonchev–Trinajstić information content (AvgIpc) is 3.15. The number of amides is 1. The van der Waals surface area contributed by atoms with Crippen LogP contribution in [0.5, 0.6) is 0 Å². The molecule has 2 aromatic heterocycles. The van der Waals surface area contributed by atoms with Crippen molar-refractivity contribution in [1.82, 2.24) is 14.7 Å². The molecule has 4 rings (SSSR count). The zero-order valence-electron chi connectivity index (χ0n) is 15.5. The molecule has 0 aliphatic heterocycles. The van der Waals surface area contributed by atoms with Gasteiger partial charge in [0, 0.05) is 11.3 Å². The molecule has 0 unspecified atom stereocenters. The number of halogens is 4. The van der Waals surface area contributed by atoms with Crippen LogP contribution in [-0.2, 0) is 17.5 Å². The summed E-state index contributed by atoms with van der Waals surface area (Å²) in [6, 6.07) is 9.69. The number of fused-ring (bicyclic) bond motifs is 1. The number of nitrogens with one attached hydrogen (secondary N) is 1. The minimum atomic E-state index is -4.57. The number of nitrogens with zero attached hydrogens (tertiary/aromatic N) is 3. The molecule has 2 heterocycles. The summed E-state index contributed by atoms with van der Waals surface area (Å²) in [7, 11) is 0. The average molecular weight is 432 g/mol. The highest BCUT2D eigenvalue weighted by atomic mass is 19.4. The largest absolute Gasteiger partial charge is 0.416 e. The molecule has 0 aliphatic rings. The van der Waals surface area contributed by atoms with E-state index in [0.717, 1.165) is 29.1 Å². The molecule has 158 valence electrons. The smallest absolute Gasteiger partial charge is 0.335 e. The molecule has 4 aromatic rings. The van der Waals surface area contributed by atoms with Gasteiger partial charge in [0.15, 0.2) is 0 Å². The highest BCUT2D eigenvalue weighted by Gasteiger charge is 2.30. The first-order valence-corrected chi connectivity index (χ1v) is 8.81. The number of hydrogen-bond donors (Lipinski definition) is 1. The molecule has 0 fully saturated rings. The number of carbonyl (C=O) groups excluding carboxylic acids is 1. The summed E-state index contributed by atoms with van der Waals surface area (Å²) in [5.41, 5.74) is -1.92. The van der Waals surface area contributed by atoms with E-state index in [0.29, 0.717) is 0 Å². The van der Waals surface area contributed by atoms with Crippen LogP contribution in [0.15, 0.2) is 64.2 Å². The molecule has 0 saturated heterocycles. The summed E-state index contributed by atoms with van der Waals surface area (Å²) in [6.07, 6.45) is -3.53. The Balaban J connectivity index is 1.63. The maximum atomic E-state index is 14.1. The van der Waals surface area contributed by atoms with Gasteiger partial charge in [-0.25, -0.2) is 9.37 Å². The van der Waals surface area contributed by atoms with Crippen LogP contribution in [0, 0.1) is 5.82 Å². The molecule has 2 aromatic carbocycles. The molecule has 1 amide bonds. The number of hydrogen-bond acceptors (Lipinski definition) is 5. The van der Waals surface area contributed by atoms with E-state index in [1.807, 2.05) is 0 Å². The monoisotopic (exact) mass is 432 g/mol. The highest BCUT2D eigenvalue weighted by molar-refractivity contribution is 5.91. The standard InChI is InChI=1S/C20H12F4N4O3/c21-14-7-2-1-6-13(14)17-16-18(31-27-17)25-10-28(19(16)30)9-15(29)26-12-5-3-4-11(8-12)20(22,23)24/h1-8,10H,9H2,(H,26,29). The summed E-state index contributed by atoms with van der Waals surface area (Å²) in [6.45, 7) is -0.542. The zero-order valence-corrected chi connectivity index (χ0v) is 15.5. The maximum absolute atomic E-state index is 14.1. The maximum Gasteiger partial charge on any atom is 0.416 e. The third kappa shape index (κ3) is 4.02. The number of benzene rings is 2. The Hall–Kier alpha value is -4.02. The summed E-state index contributed by atoms with van der Waals surface area (Å²) >= 11 is 0. The van der Waals surface area contributed by atoms with Crippen LogP contribution in [0.25, 0.3) is 22.4 Å². The molecular weight excluding hydrogens is 420 g/mol. The van der Waals surface area contributed by atoms with Crippen LogP contribution >= 0.6 is 0 Å². The van der Waals surface area contributed by atoms with E-state index in [-0.39, 0.29) is 28.0 Å². The Kier molecular flexibility index (Phi) is 5.01. The Morgan fingerprint density at radius 3 is 2.65 bits per heavy atom. The number of carbonyl (C=O) groups is 1. The van der Waals surface area contributed by atoms with Crippen LogP contribution in [0.2, 0.25) is 0 Å². The molecule has 0 bridgehead atoms. The van der Waals surface area contributed by atoms with E-state index in [2.05, 4.69) is 15.5 Å². The number of alkyl halides is 3. The van der Waals surface area contributed by atoms with Gasteiger partial charge in [0.25, 0.3) is 11.3 Å². The zero-order chi connectivity index (χ0) is 22.2. The second kappa shape index (κ2) is 7.67. The minimum Gasteiger partial charge on any atom is -0.335 e. The van der Waals surface area contributed by atoms with Gasteiger partial charge in [-0.15, -0.1) is 0 Å². The van der Waals surface area contributed by atoms with E-state index in [4.69, 9.17) is 4.52 Å². The Morgan fingerprint density at radius 1 is 1.13 bits per heavy atom. The first kappa shape index (κ1) is 20.3. The molecule has 0 radical (unpaired) electrons. The van der Waals surface area contributed by atoms with Gasteiger partial charge >= 0.3 is 6.18 Å². The lowest BCUT2D eigenvalue weighted by molar-refractivity contribution is -0.137. The van der Waals surface area contributed by atoms with E-state index in [1.165, 1.54) is 24.3 Å². The Bertz CT molecular complexity index is 1340. The first-order chi connectivity index (χ1) is 14.7. The lowest BCUT2D eigenvalue weighted by atomic mass is 10.1. The van der Waals surface area contributed by atoms with Crippen LogP contribution in [0.4, 0.5) is 23.2 Å². The van der Waals surface area contributed by atoms with Gasteiger partial charge in [-0.2, -0.15) is 13.2 Å². The topological polar surface area (TPSA) is 90.0 Å². The van der Waals surface area contributed by atoms with Crippen molar-refractivity contribution in [2.45, 2.75) is 12.7 Å². The van der Waals surface area contributed by atoms with Crippen LogP contribution in [0.1, 0.15) is 5.56 Å². The lowest BCUT2D eigenvalue weighted by Gasteiger charge is -2.10. The van der Waals surface area contributed by atoms with Crippen LogP contribution in [0.3, 0.4) is 0 Å². The second-order valence-electron chi connectivity index (χ2n) is 6.50. The van der Waals surface area contributed by atoms with Crippen molar-refractivity contribution < 1.29 is 26.9 Å². The number of rotatable bonds is 4. The van der Waals surface area contributed by atoms with Crippen molar-refractivity contribution in [2.24, 2.45) is 0 Å². The van der Waals surface area contributed by atoms with Crippen molar-refractivity contribution in [3.8, 4) is 11.3 Å². The van der Waals surface area contributed by atoms with Crippen molar-refractivity contribution in [1.29, 1.82) is 0 Å². The fourth-order valence-electron chi connectivity index (χ4n) is 2.96. The molecule has 7 nitrogen and oxygen atoms in total. The fraction of sp³-hybridized carbons (Fsp3) is 0.100. The van der Waals surface area contributed by atoms with E-state index < -0.39 is 35.6 Å². The van der Waals surface area contributed by atoms with Crippen molar-refractivity contribution >= 4 is 22.7 Å². The first-order valence-electron chi connectivity index (χ1n) is 8.81. The second-order valence-corrected chi connectivity index (χ2v) is 6.50. The Labute approximate surface area is 170 Å². The highest BCUT2D eigenvalue weighted by Crippen LogP contribution is 2.30. The van der Waals surface area contributed by atoms with Gasteiger partial charge < -0.3 is 9.84 Å². The predicted octanol–water partition coefficient (Wildman–Crippen LogP) is 3.85. The summed E-state index contributed by atoms with van der Waals surface area (Å²) in [5, 5.41) is 5.89. The summed E-state index contributed by atoms with van der Waals surface area (Å²) in [5.74, 6) is -1.39. The summed E-state index contributed by atoms with van der Waals surface area (Å²) in [4.78, 5) is 29.0. The molecular formula is C20H12F4N4O3. The van der Waals surface area contributed by atoms with Crippen LogP contribution < -0.4 is 10.9 Å². The van der Waals surface area contributed by atoms with Crippen LogP contribution in [-0.4, -0.2) is 20.6 Å². The molecule has 0 atom stereocenters. The van der Waals surface area contributed by atoms with E-state index >= 15 is 0 Å². The molecule has 31 heavy (non-hydrogen) atoms. The normalized spacial score (nSPS) is 11.6. The van der Waals surface area contributed by atoms with E-state index in [9.17, 15) is 27.2 Å². The summed E-state index contributed by atoms with van der Waals surface area (Å²) < 4.78 is 58.5. The van der Waals surface area contributed by atoms with Crippen molar-refractivity contribution in [3.05, 3.63) is 76.6 Å². The molecule has 0 saturated carbocycles. The third-order valence-electron chi connectivity index (χ3n) is 4.38. The van der Waals surface area contributed by atoms with Crippen molar-refractivity contribution in [2.75, 3.05) is 5.32 Å². The van der Waals surface area contributed by atoms with Gasteiger partial charge in [0.05, 0.1) is 5.56 Å². The van der Waals surface area contributed by atoms with Gasteiger partial charge in [-0.1, -0.05) is 23.4 Å². The molecule has 0 spiro atoms. The third-order valence-corrected chi connectivity index (χ3v) is 4.38. The van der Waals surface area contributed by atoms with Crippen molar-refractivity contribution in [3.63, 3.8) is 0 Å². The molecule has 0 aliphatic carbocycles. The molecule has 11 heteroatoms. The van der Waals surface area contributed by atoms with Gasteiger partial charge in [-0.05, 0) is 30.3 Å². The number of anilines is 1. The fourth-order valence-corrected chi connectivity index (χ4v) is 2.96. The number of aromatic nitrogens is 3. The molecule has 1 N–H and O–H groups in total. The van der Waals surface area contributed by atoms with Gasteiger partial charge in [-0.3, -0.25) is 14.2 Å². The Morgan fingerprint density at radius 2 is 1.90 bits per heavy atom. The predicted molar refractivity (Wildman–Crippen MR) is 102 cm³/mol. The quantitative estimate of drug-likeness (QED) is 0.495. The van der Waals surface area contributed by atoms with E-state index in [1.54, 1.807) is 6.07 Å². The lowest BCUT2D eigenvalue weighted by Crippen LogP contribution is -2.28. The van der Waals surface area contributed by atoms with Gasteiger partial charge in [0.2, 0.25) is 5.91 Å². The SMILES string of the molecule is O=C(Cn1cnc2onc(-c3ccccc3F)c2c1=O)Nc1cccc(C(F)(F)F)c1.